The van der Waals surface area contributed by atoms with Crippen molar-refractivity contribution >= 4 is 28.8 Å². The summed E-state index contributed by atoms with van der Waals surface area (Å²) in [5.41, 5.74) is -1.84. The molecule has 0 aliphatic heterocycles. The number of aliphatic hydroxyl groups is 3. The molecule has 0 bridgehead atoms. The van der Waals surface area contributed by atoms with Gasteiger partial charge in [-0.05, 0) is 37.3 Å². The molecule has 5 rings (SSSR count). The minimum Gasteiger partial charge on any atom is -0.508 e. The normalized spacial score (nSPS) is 25.8. The zero-order valence-electron chi connectivity index (χ0n) is 19.3. The van der Waals surface area contributed by atoms with Gasteiger partial charge in [0.1, 0.15) is 29.1 Å². The molecule has 2 aromatic rings. The van der Waals surface area contributed by atoms with Crippen LogP contribution in [-0.4, -0.2) is 62.5 Å². The lowest BCUT2D eigenvalue weighted by atomic mass is 9.59. The predicted molar refractivity (Wildman–Crippen MR) is 123 cm³/mol. The predicted octanol–water partition coefficient (Wildman–Crippen LogP) is 2.25. The van der Waals surface area contributed by atoms with Crippen molar-refractivity contribution in [1.82, 2.24) is 4.98 Å². The first-order chi connectivity index (χ1) is 16.5. The van der Waals surface area contributed by atoms with E-state index in [2.05, 4.69) is 4.98 Å². The van der Waals surface area contributed by atoms with Gasteiger partial charge < -0.3 is 29.7 Å². The number of fused-ring (bicyclic) bond motifs is 3. The molecule has 10 nitrogen and oxygen atoms in total. The van der Waals surface area contributed by atoms with Crippen molar-refractivity contribution < 1.29 is 39.2 Å². The van der Waals surface area contributed by atoms with Crippen LogP contribution in [0.2, 0.25) is 0 Å². The second kappa shape index (κ2) is 7.54. The second-order valence-corrected chi connectivity index (χ2v) is 9.48. The van der Waals surface area contributed by atoms with Crippen LogP contribution in [0.15, 0.2) is 39.8 Å². The molecule has 10 heteroatoms. The number of carbonyl (C=O) groups excluding carboxylic acids is 3. The van der Waals surface area contributed by atoms with Crippen molar-refractivity contribution in [2.45, 2.75) is 31.8 Å². The minimum absolute atomic E-state index is 0.00759. The second-order valence-electron chi connectivity index (χ2n) is 9.48. The molecule has 1 saturated carbocycles. The molecule has 3 aliphatic carbocycles. The van der Waals surface area contributed by atoms with Crippen molar-refractivity contribution in [3.05, 3.63) is 46.6 Å². The number of carbonyl (C=O) groups is 3. The number of aromatic hydroxyl groups is 1. The van der Waals surface area contributed by atoms with E-state index in [0.717, 1.165) is 6.92 Å². The van der Waals surface area contributed by atoms with E-state index in [4.69, 9.17) is 4.42 Å². The highest BCUT2D eigenvalue weighted by molar-refractivity contribution is 6.23. The molecular formula is C25H24N2O8. The number of ketones is 3. The lowest BCUT2D eigenvalue weighted by Crippen LogP contribution is -2.57. The largest absolute Gasteiger partial charge is 0.508 e. The van der Waals surface area contributed by atoms with Gasteiger partial charge in [0.25, 0.3) is 0 Å². The van der Waals surface area contributed by atoms with Crippen LogP contribution in [0.3, 0.4) is 0 Å². The van der Waals surface area contributed by atoms with E-state index in [1.807, 2.05) is 0 Å². The minimum atomic E-state index is -2.52. The van der Waals surface area contributed by atoms with Crippen LogP contribution in [0, 0.1) is 11.8 Å². The Bertz CT molecular complexity index is 1370. The highest BCUT2D eigenvalue weighted by atomic mass is 16.4. The summed E-state index contributed by atoms with van der Waals surface area (Å²) in [4.78, 5) is 44.0. The third kappa shape index (κ3) is 2.99. The van der Waals surface area contributed by atoms with Crippen LogP contribution in [0.1, 0.15) is 30.9 Å². The number of allylic oxidation sites excluding steroid dienone is 1. The molecule has 3 aliphatic rings. The maximum atomic E-state index is 13.7. The van der Waals surface area contributed by atoms with Crippen LogP contribution in [-0.2, 0) is 20.8 Å². The summed E-state index contributed by atoms with van der Waals surface area (Å²) in [5.74, 6) is -5.66. The summed E-state index contributed by atoms with van der Waals surface area (Å²) < 4.78 is 5.34. The molecule has 0 saturated heterocycles. The molecule has 0 spiro atoms. The number of hydrogen-bond acceptors (Lipinski definition) is 10. The number of aromatic nitrogens is 1. The number of oxazole rings is 1. The molecule has 35 heavy (non-hydrogen) atoms. The fourth-order valence-electron chi connectivity index (χ4n) is 5.70. The molecule has 182 valence electrons. The monoisotopic (exact) mass is 480 g/mol. The third-order valence-corrected chi connectivity index (χ3v) is 7.29. The average Bonchev–Trinajstić information content (AvgIpc) is 3.30. The topological polar surface area (TPSA) is 161 Å². The molecule has 0 amide bonds. The lowest BCUT2D eigenvalue weighted by Gasteiger charge is -2.46. The Balaban J connectivity index is 1.75. The number of phenolic OH excluding ortho intramolecular Hbond substituents is 1. The summed E-state index contributed by atoms with van der Waals surface area (Å²) in [6.07, 6.45) is 2.80. The molecule has 4 N–H and O–H groups in total. The highest BCUT2D eigenvalue weighted by Gasteiger charge is 2.60. The quantitative estimate of drug-likeness (QED) is 0.480. The molecule has 0 unspecified atom stereocenters. The average molecular weight is 480 g/mol. The number of hydrogen-bond donors (Lipinski definition) is 4. The molecule has 1 heterocycles. The Morgan fingerprint density at radius 3 is 2.51 bits per heavy atom. The Labute approximate surface area is 199 Å². The third-order valence-electron chi connectivity index (χ3n) is 7.29. The smallest absolute Gasteiger partial charge is 0.229 e. The number of phenols is 1. The van der Waals surface area contributed by atoms with E-state index < -0.39 is 51.9 Å². The van der Waals surface area contributed by atoms with Gasteiger partial charge in [-0.15, -0.1) is 0 Å². The van der Waals surface area contributed by atoms with E-state index in [9.17, 15) is 34.8 Å². The fraction of sp³-hybridized carbons (Fsp3) is 0.360. The van der Waals surface area contributed by atoms with Crippen molar-refractivity contribution in [2.24, 2.45) is 11.8 Å². The zero-order valence-corrected chi connectivity index (χ0v) is 19.3. The van der Waals surface area contributed by atoms with E-state index in [-0.39, 0.29) is 47.6 Å². The number of Topliss-reactive ketones (excluding diaryl/α,β-unsaturated/α-hetero) is 3. The maximum Gasteiger partial charge on any atom is 0.229 e. The van der Waals surface area contributed by atoms with Gasteiger partial charge >= 0.3 is 0 Å². The first-order valence-corrected chi connectivity index (χ1v) is 11.1. The number of benzene rings is 1. The van der Waals surface area contributed by atoms with Gasteiger partial charge in [0.15, 0.2) is 17.2 Å². The molecule has 0 radical (unpaired) electrons. The Morgan fingerprint density at radius 1 is 1.20 bits per heavy atom. The lowest BCUT2D eigenvalue weighted by molar-refractivity contribution is -0.147. The van der Waals surface area contributed by atoms with Crippen LogP contribution >= 0.6 is 0 Å². The van der Waals surface area contributed by atoms with Crippen LogP contribution in [0.5, 0.6) is 5.75 Å². The van der Waals surface area contributed by atoms with E-state index in [0.29, 0.717) is 11.3 Å². The Hall–Kier alpha value is -3.92. The van der Waals surface area contributed by atoms with Crippen LogP contribution < -0.4 is 4.90 Å². The van der Waals surface area contributed by atoms with Crippen molar-refractivity contribution in [3.63, 3.8) is 0 Å². The maximum absolute atomic E-state index is 13.7. The van der Waals surface area contributed by atoms with Crippen LogP contribution in [0.25, 0.3) is 17.2 Å². The van der Waals surface area contributed by atoms with E-state index >= 15 is 0 Å². The summed E-state index contributed by atoms with van der Waals surface area (Å²) in [6, 6.07) is 1.68. The number of aliphatic hydroxyl groups excluding tert-OH is 2. The van der Waals surface area contributed by atoms with Gasteiger partial charge in [-0.1, -0.05) is 0 Å². The van der Waals surface area contributed by atoms with Gasteiger partial charge in [-0.2, -0.15) is 0 Å². The zero-order chi connectivity index (χ0) is 25.4. The van der Waals surface area contributed by atoms with Gasteiger partial charge in [0.05, 0.1) is 17.3 Å². The van der Waals surface area contributed by atoms with E-state index in [1.54, 1.807) is 25.1 Å². The Kier molecular flexibility index (Phi) is 4.92. The van der Waals surface area contributed by atoms with Crippen molar-refractivity contribution in [3.8, 4) is 17.2 Å². The number of nitrogens with zero attached hydrogens (tertiary/aromatic N) is 2. The van der Waals surface area contributed by atoms with Gasteiger partial charge in [-0.25, -0.2) is 4.98 Å². The first kappa shape index (κ1) is 22.9. The highest BCUT2D eigenvalue weighted by Crippen LogP contribution is 2.54. The van der Waals surface area contributed by atoms with Gasteiger partial charge in [0.2, 0.25) is 11.7 Å². The van der Waals surface area contributed by atoms with Gasteiger partial charge in [-0.3, -0.25) is 14.4 Å². The summed E-state index contributed by atoms with van der Waals surface area (Å²) in [6.45, 7) is 1.07. The van der Waals surface area contributed by atoms with Crippen LogP contribution in [0.4, 0.5) is 5.69 Å². The summed E-state index contributed by atoms with van der Waals surface area (Å²) in [5, 5.41) is 44.6. The number of anilines is 1. The molecular weight excluding hydrogens is 456 g/mol. The molecule has 1 aromatic carbocycles. The summed E-state index contributed by atoms with van der Waals surface area (Å²) >= 11 is 0. The Morgan fingerprint density at radius 2 is 1.91 bits per heavy atom. The molecule has 1 aromatic heterocycles. The first-order valence-electron chi connectivity index (χ1n) is 11.1. The number of rotatable bonds is 3. The van der Waals surface area contributed by atoms with Crippen molar-refractivity contribution in [1.29, 1.82) is 0 Å². The summed E-state index contributed by atoms with van der Waals surface area (Å²) in [7, 11) is 3.58. The van der Waals surface area contributed by atoms with Crippen molar-refractivity contribution in [2.75, 3.05) is 19.0 Å². The SMILES string of the molecule is CC(=O)C1=C(O)[C@@]2(O)C(=O)C3=C(O)c4c(O)c(-c5ncco5)cc(N(C)C)c4C[C@H]3C[C@H]2CC1=O. The standard InChI is InChI=1S/C25H24N2O8/c1-10(28)17-16(29)8-12-6-11-7-13-15(27(2)3)9-14(24-26-4-5-35-24)20(30)19(13)21(31)18(11)23(33)25(12,34)22(17)32/h4-5,9,11-12,30-32,34H,6-8H2,1-3H3/t11-,12+,25-/m1/s1. The molecule has 3 atom stereocenters. The van der Waals surface area contributed by atoms with Gasteiger partial charge in [0, 0.05) is 37.7 Å². The molecule has 1 fully saturated rings. The fourth-order valence-corrected chi connectivity index (χ4v) is 5.70. The van der Waals surface area contributed by atoms with E-state index in [1.165, 1.54) is 12.5 Å².